The quantitative estimate of drug-likeness (QED) is 0.555. The van der Waals surface area contributed by atoms with Crippen molar-refractivity contribution in [2.75, 3.05) is 0 Å². The molecule has 1 heterocycles. The summed E-state index contributed by atoms with van der Waals surface area (Å²) >= 11 is 0. The Hall–Kier alpha value is -2.28. The van der Waals surface area contributed by atoms with Crippen molar-refractivity contribution in [3.8, 4) is 0 Å². The van der Waals surface area contributed by atoms with E-state index in [0.717, 1.165) is 0 Å². The summed E-state index contributed by atoms with van der Waals surface area (Å²) in [6.45, 7) is 0. The molecule has 3 aromatic rings. The fourth-order valence-corrected chi connectivity index (χ4v) is 4.68. The van der Waals surface area contributed by atoms with Crippen molar-refractivity contribution in [3.05, 3.63) is 83.6 Å². The van der Waals surface area contributed by atoms with E-state index in [2.05, 4.69) is 78.4 Å². The number of nitrogens with zero attached hydrogens (tertiary/aromatic N) is 1. The van der Waals surface area contributed by atoms with Crippen LogP contribution in [0.3, 0.4) is 0 Å². The lowest BCUT2D eigenvalue weighted by atomic mass is 9.73. The van der Waals surface area contributed by atoms with Crippen LogP contribution >= 0.6 is 0 Å². The Morgan fingerprint density at radius 3 is 2.55 bits per heavy atom. The molecular weight excluding hydrogens is 266 g/mol. The molecule has 0 saturated heterocycles. The predicted octanol–water partition coefficient (Wildman–Crippen LogP) is 4.98. The molecule has 2 aliphatic carbocycles. The smallest absolute Gasteiger partial charge is 0.0483 e. The molecule has 0 spiro atoms. The van der Waals surface area contributed by atoms with Gasteiger partial charge in [0.15, 0.2) is 0 Å². The number of benzene rings is 2. The first-order chi connectivity index (χ1) is 10.8. The third-order valence-electron chi connectivity index (χ3n) is 5.56. The first-order valence-corrected chi connectivity index (χ1v) is 8.15. The molecule has 1 aromatic heterocycles. The van der Waals surface area contributed by atoms with Crippen LogP contribution in [0.5, 0.6) is 0 Å². The maximum atomic E-state index is 2.46. The SMILES string of the molecule is Cn1c2c(c3ccccc31)[C@@H](c1ccccc1)[C@@H]1C=CC2C1. The van der Waals surface area contributed by atoms with Crippen LogP contribution in [0.1, 0.15) is 35.1 Å². The second-order valence-corrected chi connectivity index (χ2v) is 6.65. The molecule has 1 unspecified atom stereocenters. The van der Waals surface area contributed by atoms with Crippen LogP contribution in [0.25, 0.3) is 10.9 Å². The van der Waals surface area contributed by atoms with Gasteiger partial charge in [-0.15, -0.1) is 0 Å². The molecule has 0 saturated carbocycles. The minimum atomic E-state index is 0.497. The second-order valence-electron chi connectivity index (χ2n) is 6.65. The molecule has 22 heavy (non-hydrogen) atoms. The normalized spacial score (nSPS) is 25.6. The summed E-state index contributed by atoms with van der Waals surface area (Å²) in [7, 11) is 2.23. The number of hydrogen-bond donors (Lipinski definition) is 0. The summed E-state index contributed by atoms with van der Waals surface area (Å²) in [4.78, 5) is 0. The Bertz CT molecular complexity index is 885. The standard InChI is InChI=1S/C21H19N/c1-22-18-10-6-5-9-17(18)20-19(14-7-3-2-4-8-14)15-11-12-16(13-15)21(20)22/h2-12,15-16,19H,13H2,1H3/t15-,16?,19+/m1/s1. The van der Waals surface area contributed by atoms with E-state index >= 15 is 0 Å². The van der Waals surface area contributed by atoms with Gasteiger partial charge in [0.25, 0.3) is 0 Å². The van der Waals surface area contributed by atoms with Gasteiger partial charge in [0.05, 0.1) is 0 Å². The number of hydrogen-bond acceptors (Lipinski definition) is 0. The summed E-state index contributed by atoms with van der Waals surface area (Å²) in [6.07, 6.45) is 6.15. The van der Waals surface area contributed by atoms with Crippen molar-refractivity contribution in [3.63, 3.8) is 0 Å². The highest BCUT2D eigenvalue weighted by Crippen LogP contribution is 2.53. The number of para-hydroxylation sites is 1. The first-order valence-electron chi connectivity index (χ1n) is 8.15. The highest BCUT2D eigenvalue weighted by molar-refractivity contribution is 5.87. The fraction of sp³-hybridized carbons (Fsp3) is 0.238. The van der Waals surface area contributed by atoms with Gasteiger partial charge in [0, 0.05) is 35.5 Å². The zero-order valence-corrected chi connectivity index (χ0v) is 12.7. The summed E-state index contributed by atoms with van der Waals surface area (Å²) < 4.78 is 2.43. The van der Waals surface area contributed by atoms with Crippen molar-refractivity contribution in [1.29, 1.82) is 0 Å². The number of aromatic nitrogens is 1. The van der Waals surface area contributed by atoms with Crippen molar-refractivity contribution in [2.24, 2.45) is 13.0 Å². The van der Waals surface area contributed by atoms with Crippen LogP contribution in [0, 0.1) is 5.92 Å². The summed E-state index contributed by atoms with van der Waals surface area (Å²) in [6, 6.07) is 19.9. The van der Waals surface area contributed by atoms with E-state index < -0.39 is 0 Å². The van der Waals surface area contributed by atoms with Gasteiger partial charge in [-0.3, -0.25) is 0 Å². The fourth-order valence-electron chi connectivity index (χ4n) is 4.68. The van der Waals surface area contributed by atoms with Crippen molar-refractivity contribution >= 4 is 10.9 Å². The van der Waals surface area contributed by atoms with Gasteiger partial charge >= 0.3 is 0 Å². The van der Waals surface area contributed by atoms with Crippen LogP contribution < -0.4 is 0 Å². The lowest BCUT2D eigenvalue weighted by molar-refractivity contribution is 0.486. The van der Waals surface area contributed by atoms with Gasteiger partial charge in [0.1, 0.15) is 0 Å². The van der Waals surface area contributed by atoms with Crippen molar-refractivity contribution in [1.82, 2.24) is 4.57 Å². The Morgan fingerprint density at radius 2 is 1.68 bits per heavy atom. The van der Waals surface area contributed by atoms with Crippen molar-refractivity contribution < 1.29 is 0 Å². The minimum absolute atomic E-state index is 0.497. The van der Waals surface area contributed by atoms with Gasteiger partial charge in [-0.1, -0.05) is 60.7 Å². The van der Waals surface area contributed by atoms with E-state index in [4.69, 9.17) is 0 Å². The topological polar surface area (TPSA) is 4.93 Å². The monoisotopic (exact) mass is 285 g/mol. The molecule has 2 aromatic carbocycles. The molecule has 0 fully saturated rings. The lowest BCUT2D eigenvalue weighted by Crippen LogP contribution is -2.20. The zero-order chi connectivity index (χ0) is 14.7. The Kier molecular flexibility index (Phi) is 2.43. The van der Waals surface area contributed by atoms with E-state index in [0.29, 0.717) is 17.8 Å². The van der Waals surface area contributed by atoms with Gasteiger partial charge in [-0.05, 0) is 29.5 Å². The predicted molar refractivity (Wildman–Crippen MR) is 91.2 cm³/mol. The molecule has 108 valence electrons. The number of rotatable bonds is 1. The van der Waals surface area contributed by atoms with Crippen molar-refractivity contribution in [2.45, 2.75) is 18.3 Å². The highest BCUT2D eigenvalue weighted by Gasteiger charge is 2.40. The molecule has 1 heteroatoms. The summed E-state index contributed by atoms with van der Waals surface area (Å²) in [5.41, 5.74) is 5.92. The average molecular weight is 285 g/mol. The highest BCUT2D eigenvalue weighted by atomic mass is 15.0. The molecular formula is C21H19N. The summed E-state index contributed by atoms with van der Waals surface area (Å²) in [5.74, 6) is 1.74. The lowest BCUT2D eigenvalue weighted by Gasteiger charge is -2.31. The number of allylic oxidation sites excluding steroid dienone is 2. The molecule has 0 aliphatic heterocycles. The molecule has 5 rings (SSSR count). The first kappa shape index (κ1) is 12.3. The Labute approximate surface area is 130 Å². The molecule has 1 nitrogen and oxygen atoms in total. The number of aryl methyl sites for hydroxylation is 1. The van der Waals surface area contributed by atoms with E-state index in [-0.39, 0.29) is 0 Å². The maximum Gasteiger partial charge on any atom is 0.0483 e. The van der Waals surface area contributed by atoms with E-state index in [9.17, 15) is 0 Å². The van der Waals surface area contributed by atoms with Crippen LogP contribution in [-0.2, 0) is 7.05 Å². The van der Waals surface area contributed by atoms with E-state index in [1.165, 1.54) is 28.6 Å². The van der Waals surface area contributed by atoms with E-state index in [1.807, 2.05) is 0 Å². The van der Waals surface area contributed by atoms with E-state index in [1.54, 1.807) is 5.56 Å². The molecule has 3 atom stereocenters. The number of fused-ring (bicyclic) bond motifs is 6. The van der Waals surface area contributed by atoms with Crippen LogP contribution in [0.15, 0.2) is 66.7 Å². The van der Waals surface area contributed by atoms with Gasteiger partial charge in [-0.2, -0.15) is 0 Å². The zero-order valence-electron chi connectivity index (χ0n) is 12.7. The van der Waals surface area contributed by atoms with Gasteiger partial charge in [-0.25, -0.2) is 0 Å². The Morgan fingerprint density at radius 1 is 0.909 bits per heavy atom. The molecule has 0 N–H and O–H groups in total. The third kappa shape index (κ3) is 1.49. The summed E-state index contributed by atoms with van der Waals surface area (Å²) in [5, 5.41) is 1.44. The maximum absolute atomic E-state index is 2.46. The molecule has 0 amide bonds. The van der Waals surface area contributed by atoms with Crippen LogP contribution in [-0.4, -0.2) is 4.57 Å². The van der Waals surface area contributed by atoms with Crippen LogP contribution in [0.4, 0.5) is 0 Å². The largest absolute Gasteiger partial charge is 0.347 e. The van der Waals surface area contributed by atoms with Crippen LogP contribution in [0.2, 0.25) is 0 Å². The second kappa shape index (κ2) is 4.36. The molecule has 0 radical (unpaired) electrons. The minimum Gasteiger partial charge on any atom is -0.347 e. The molecule has 2 bridgehead atoms. The Balaban J connectivity index is 1.87. The van der Waals surface area contributed by atoms with Gasteiger partial charge < -0.3 is 4.57 Å². The molecule has 2 aliphatic rings. The average Bonchev–Trinajstić information content (AvgIpc) is 3.11. The third-order valence-corrected chi connectivity index (χ3v) is 5.56. The van der Waals surface area contributed by atoms with Gasteiger partial charge in [0.2, 0.25) is 0 Å².